The van der Waals surface area contributed by atoms with Gasteiger partial charge in [-0.05, 0) is 18.2 Å². The van der Waals surface area contributed by atoms with Gasteiger partial charge in [0.2, 0.25) is 0 Å². The predicted molar refractivity (Wildman–Crippen MR) is 50.6 cm³/mol. The Bertz CT molecular complexity index is 292. The molecule has 0 aromatic heterocycles. The Hall–Kier alpha value is -1.28. The third-order valence-corrected chi connectivity index (χ3v) is 2.05. The number of ether oxygens (including phenoxy) is 1. The molecule has 1 aromatic rings. The van der Waals surface area contributed by atoms with Gasteiger partial charge in [0.25, 0.3) is 0 Å². The van der Waals surface area contributed by atoms with Gasteiger partial charge in [0.1, 0.15) is 11.9 Å². The molecule has 0 radical (unpaired) electrons. The first-order chi connectivity index (χ1) is 6.34. The number of benzene rings is 1. The summed E-state index contributed by atoms with van der Waals surface area (Å²) in [7, 11) is 0. The van der Waals surface area contributed by atoms with Crippen molar-refractivity contribution in [3.63, 3.8) is 0 Å². The van der Waals surface area contributed by atoms with Crippen molar-refractivity contribution in [2.45, 2.75) is 18.6 Å². The lowest BCUT2D eigenvalue weighted by Gasteiger charge is -2.11. The predicted octanol–water partition coefficient (Wildman–Crippen LogP) is 1.75. The smallest absolute Gasteiger partial charge is 0.120 e. The van der Waals surface area contributed by atoms with E-state index in [4.69, 9.17) is 4.74 Å². The summed E-state index contributed by atoms with van der Waals surface area (Å²) in [5.41, 5.74) is 0. The highest BCUT2D eigenvalue weighted by Crippen LogP contribution is 2.18. The maximum absolute atomic E-state index is 9.21. The van der Waals surface area contributed by atoms with E-state index in [-0.39, 0.29) is 12.2 Å². The Morgan fingerprint density at radius 2 is 1.92 bits per heavy atom. The number of rotatable bonds is 2. The second kappa shape index (κ2) is 3.62. The van der Waals surface area contributed by atoms with Gasteiger partial charge in [0.05, 0.1) is 6.10 Å². The van der Waals surface area contributed by atoms with Crippen molar-refractivity contribution in [3.8, 4) is 5.75 Å². The van der Waals surface area contributed by atoms with Crippen LogP contribution in [0.25, 0.3) is 0 Å². The highest BCUT2D eigenvalue weighted by Gasteiger charge is 2.17. The van der Waals surface area contributed by atoms with E-state index in [0.29, 0.717) is 6.42 Å². The lowest BCUT2D eigenvalue weighted by Crippen LogP contribution is -2.13. The van der Waals surface area contributed by atoms with Crippen LogP contribution < -0.4 is 4.74 Å². The highest BCUT2D eigenvalue weighted by atomic mass is 16.5. The molecular weight excluding hydrogens is 164 g/mol. The van der Waals surface area contributed by atoms with Crippen LogP contribution in [0.4, 0.5) is 0 Å². The quantitative estimate of drug-likeness (QED) is 0.696. The summed E-state index contributed by atoms with van der Waals surface area (Å²) < 4.78 is 5.60. The van der Waals surface area contributed by atoms with Crippen LogP contribution in [0.2, 0.25) is 0 Å². The largest absolute Gasteiger partial charge is 0.486 e. The van der Waals surface area contributed by atoms with Gasteiger partial charge in [-0.3, -0.25) is 0 Å². The Labute approximate surface area is 77.5 Å². The van der Waals surface area contributed by atoms with Crippen molar-refractivity contribution in [1.29, 1.82) is 0 Å². The molecule has 68 valence electrons. The molecule has 0 unspecified atom stereocenters. The van der Waals surface area contributed by atoms with Crippen LogP contribution in [0, 0.1) is 0 Å². The summed E-state index contributed by atoms with van der Waals surface area (Å²) in [5.74, 6) is 0.853. The van der Waals surface area contributed by atoms with Crippen LogP contribution in [0.1, 0.15) is 6.42 Å². The monoisotopic (exact) mass is 176 g/mol. The van der Waals surface area contributed by atoms with E-state index in [1.165, 1.54) is 0 Å². The van der Waals surface area contributed by atoms with E-state index < -0.39 is 0 Å². The molecule has 0 saturated heterocycles. The van der Waals surface area contributed by atoms with E-state index in [1.807, 2.05) is 36.4 Å². The normalized spacial score (nSPS) is 26.2. The fourth-order valence-corrected chi connectivity index (χ4v) is 1.41. The molecular formula is C11H12O2. The second-order valence-corrected chi connectivity index (χ2v) is 3.16. The summed E-state index contributed by atoms with van der Waals surface area (Å²) in [6.07, 6.45) is 4.02. The topological polar surface area (TPSA) is 29.5 Å². The van der Waals surface area contributed by atoms with Crippen LogP contribution in [0.15, 0.2) is 42.5 Å². The number of aliphatic hydroxyl groups is 1. The third-order valence-electron chi connectivity index (χ3n) is 2.05. The molecule has 0 heterocycles. The van der Waals surface area contributed by atoms with E-state index in [1.54, 1.807) is 6.08 Å². The molecule has 0 spiro atoms. The average Bonchev–Trinajstić information content (AvgIpc) is 2.53. The minimum absolute atomic E-state index is 0.0254. The maximum atomic E-state index is 9.21. The third kappa shape index (κ3) is 2.10. The Kier molecular flexibility index (Phi) is 2.32. The molecule has 0 bridgehead atoms. The Balaban J connectivity index is 1.96. The van der Waals surface area contributed by atoms with Crippen LogP contribution in [-0.2, 0) is 0 Å². The van der Waals surface area contributed by atoms with Gasteiger partial charge in [-0.15, -0.1) is 0 Å². The molecule has 0 aliphatic heterocycles. The van der Waals surface area contributed by atoms with Crippen LogP contribution >= 0.6 is 0 Å². The summed E-state index contributed by atoms with van der Waals surface area (Å²) in [4.78, 5) is 0. The summed E-state index contributed by atoms with van der Waals surface area (Å²) in [6, 6.07) is 9.65. The molecule has 2 rings (SSSR count). The molecule has 0 amide bonds. The number of aliphatic hydroxyl groups excluding tert-OH is 1. The first-order valence-electron chi connectivity index (χ1n) is 4.43. The fraction of sp³-hybridized carbons (Fsp3) is 0.273. The number of hydrogen-bond acceptors (Lipinski definition) is 2. The Morgan fingerprint density at radius 1 is 1.15 bits per heavy atom. The molecule has 1 aliphatic rings. The van der Waals surface area contributed by atoms with E-state index >= 15 is 0 Å². The molecule has 2 heteroatoms. The molecule has 1 aromatic carbocycles. The average molecular weight is 176 g/mol. The van der Waals surface area contributed by atoms with Crippen molar-refractivity contribution in [2.75, 3.05) is 0 Å². The van der Waals surface area contributed by atoms with E-state index in [2.05, 4.69) is 0 Å². The SMILES string of the molecule is O[C@H]1C=C[C@H](Oc2ccccc2)C1. The minimum Gasteiger partial charge on any atom is -0.486 e. The number of hydrogen-bond donors (Lipinski definition) is 1. The molecule has 1 aliphatic carbocycles. The second-order valence-electron chi connectivity index (χ2n) is 3.16. The van der Waals surface area contributed by atoms with Crippen molar-refractivity contribution in [3.05, 3.63) is 42.5 Å². The summed E-state index contributed by atoms with van der Waals surface area (Å²) in [6.45, 7) is 0. The zero-order valence-corrected chi connectivity index (χ0v) is 7.26. The standard InChI is InChI=1S/C11H12O2/c12-9-6-7-11(8-9)13-10-4-2-1-3-5-10/h1-7,9,11-12H,8H2/t9-,11-/m0/s1. The molecule has 2 nitrogen and oxygen atoms in total. The first-order valence-corrected chi connectivity index (χ1v) is 4.43. The van der Waals surface area contributed by atoms with Crippen LogP contribution in [0.3, 0.4) is 0 Å². The van der Waals surface area contributed by atoms with Crippen molar-refractivity contribution < 1.29 is 9.84 Å². The molecule has 2 atom stereocenters. The van der Waals surface area contributed by atoms with Crippen LogP contribution in [0.5, 0.6) is 5.75 Å². The lowest BCUT2D eigenvalue weighted by molar-refractivity contribution is 0.165. The zero-order chi connectivity index (χ0) is 9.10. The van der Waals surface area contributed by atoms with Crippen molar-refractivity contribution >= 4 is 0 Å². The van der Waals surface area contributed by atoms with E-state index in [0.717, 1.165) is 5.75 Å². The summed E-state index contributed by atoms with van der Waals surface area (Å²) in [5, 5.41) is 9.21. The van der Waals surface area contributed by atoms with E-state index in [9.17, 15) is 5.11 Å². The van der Waals surface area contributed by atoms with Crippen molar-refractivity contribution in [1.82, 2.24) is 0 Å². The minimum atomic E-state index is -0.339. The first kappa shape index (κ1) is 8.32. The number of para-hydroxylation sites is 1. The molecule has 13 heavy (non-hydrogen) atoms. The van der Waals surface area contributed by atoms with Crippen molar-refractivity contribution in [2.24, 2.45) is 0 Å². The van der Waals surface area contributed by atoms with Gasteiger partial charge in [-0.2, -0.15) is 0 Å². The van der Waals surface area contributed by atoms with Gasteiger partial charge < -0.3 is 9.84 Å². The molecule has 0 saturated carbocycles. The fourth-order valence-electron chi connectivity index (χ4n) is 1.41. The summed E-state index contributed by atoms with van der Waals surface area (Å²) >= 11 is 0. The lowest BCUT2D eigenvalue weighted by atomic mass is 10.3. The molecule has 1 N–H and O–H groups in total. The highest BCUT2D eigenvalue weighted by molar-refractivity contribution is 5.22. The van der Waals surface area contributed by atoms with Gasteiger partial charge in [0, 0.05) is 6.42 Å². The molecule has 0 fully saturated rings. The van der Waals surface area contributed by atoms with Gasteiger partial charge in [-0.1, -0.05) is 24.3 Å². The van der Waals surface area contributed by atoms with Gasteiger partial charge >= 0.3 is 0 Å². The maximum Gasteiger partial charge on any atom is 0.120 e. The van der Waals surface area contributed by atoms with Gasteiger partial charge in [-0.25, -0.2) is 0 Å². The van der Waals surface area contributed by atoms with Gasteiger partial charge in [0.15, 0.2) is 0 Å². The zero-order valence-electron chi connectivity index (χ0n) is 7.26. The van der Waals surface area contributed by atoms with Crippen LogP contribution in [-0.4, -0.2) is 17.3 Å². The Morgan fingerprint density at radius 3 is 2.54 bits per heavy atom.